The van der Waals surface area contributed by atoms with Gasteiger partial charge in [-0.15, -0.1) is 0 Å². The molecule has 0 N–H and O–H groups in total. The number of halogens is 1. The molecule has 0 bridgehead atoms. The first-order chi connectivity index (χ1) is 14.2. The van der Waals surface area contributed by atoms with Crippen molar-refractivity contribution in [2.24, 2.45) is 20.5 Å². The molecule has 0 aliphatic carbocycles. The van der Waals surface area contributed by atoms with Gasteiger partial charge in [0.2, 0.25) is 0 Å². The van der Waals surface area contributed by atoms with Crippen molar-refractivity contribution >= 4 is 28.4 Å². The van der Waals surface area contributed by atoms with Crippen LogP contribution in [0.2, 0.25) is 0 Å². The second-order valence-corrected chi connectivity index (χ2v) is 7.06. The van der Waals surface area contributed by atoms with E-state index >= 15 is 0 Å². The van der Waals surface area contributed by atoms with Crippen molar-refractivity contribution in [1.82, 2.24) is 0 Å². The predicted octanol–water partition coefficient (Wildman–Crippen LogP) is 7.57. The van der Waals surface area contributed by atoms with Gasteiger partial charge in [0.1, 0.15) is 5.82 Å². The van der Waals surface area contributed by atoms with Crippen LogP contribution in [0.15, 0.2) is 87.2 Å². The first-order valence-electron chi connectivity index (χ1n) is 9.72. The van der Waals surface area contributed by atoms with Gasteiger partial charge in [0.05, 0.1) is 22.7 Å². The smallest absolute Gasteiger partial charge is 0.123 e. The minimum Gasteiger partial charge on any atom is -0.372 e. The Balaban J connectivity index is 1.43. The maximum absolute atomic E-state index is 12.9. The van der Waals surface area contributed by atoms with Crippen molar-refractivity contribution in [3.05, 3.63) is 78.1 Å². The summed E-state index contributed by atoms with van der Waals surface area (Å²) in [6, 6.07) is 19.7. The van der Waals surface area contributed by atoms with Gasteiger partial charge >= 0.3 is 0 Å². The Labute approximate surface area is 169 Å². The molecular weight excluding hydrogens is 365 g/mol. The first kappa shape index (κ1) is 18.9. The van der Waals surface area contributed by atoms with Crippen LogP contribution in [0.5, 0.6) is 0 Å². The van der Waals surface area contributed by atoms with Crippen molar-refractivity contribution < 1.29 is 4.39 Å². The van der Waals surface area contributed by atoms with Gasteiger partial charge in [0, 0.05) is 18.8 Å². The molecule has 1 heterocycles. The average molecular weight is 387 g/mol. The summed E-state index contributed by atoms with van der Waals surface area (Å²) < 4.78 is 12.9. The van der Waals surface area contributed by atoms with Crippen LogP contribution in [0.3, 0.4) is 0 Å². The van der Waals surface area contributed by atoms with E-state index < -0.39 is 0 Å². The summed E-state index contributed by atoms with van der Waals surface area (Å²) in [5, 5.41) is 17.0. The molecule has 0 spiro atoms. The molecule has 1 fully saturated rings. The second-order valence-electron chi connectivity index (χ2n) is 7.06. The lowest BCUT2D eigenvalue weighted by atomic mass is 10.2. The Morgan fingerprint density at radius 2 is 1.24 bits per heavy atom. The molecule has 0 amide bonds. The molecule has 1 aliphatic rings. The molecule has 4 rings (SSSR count). The Hall–Kier alpha value is -3.41. The zero-order valence-electron chi connectivity index (χ0n) is 16.3. The molecule has 0 aromatic heterocycles. The topological polar surface area (TPSA) is 52.7 Å². The first-order valence-corrected chi connectivity index (χ1v) is 9.72. The molecule has 29 heavy (non-hydrogen) atoms. The van der Waals surface area contributed by atoms with Crippen LogP contribution >= 0.6 is 0 Å². The quantitative estimate of drug-likeness (QED) is 0.417. The lowest BCUT2D eigenvalue weighted by Crippen LogP contribution is -2.17. The Bertz CT molecular complexity index is 1020. The van der Waals surface area contributed by atoms with E-state index in [2.05, 4.69) is 37.5 Å². The maximum atomic E-state index is 12.9. The van der Waals surface area contributed by atoms with Crippen LogP contribution in [0.4, 0.5) is 32.8 Å². The van der Waals surface area contributed by atoms with Crippen molar-refractivity contribution in [2.45, 2.75) is 19.8 Å². The summed E-state index contributed by atoms with van der Waals surface area (Å²) in [6.07, 6.45) is 2.53. The van der Waals surface area contributed by atoms with Gasteiger partial charge in [-0.3, -0.25) is 0 Å². The molecule has 6 heteroatoms. The van der Waals surface area contributed by atoms with Gasteiger partial charge in [-0.25, -0.2) is 4.39 Å². The molecule has 0 saturated carbocycles. The summed E-state index contributed by atoms with van der Waals surface area (Å²) >= 11 is 0. The van der Waals surface area contributed by atoms with Crippen molar-refractivity contribution in [3.63, 3.8) is 0 Å². The van der Waals surface area contributed by atoms with E-state index in [1.165, 1.54) is 30.7 Å². The molecule has 0 atom stereocenters. The predicted molar refractivity (Wildman–Crippen MR) is 114 cm³/mol. The van der Waals surface area contributed by atoms with E-state index in [1.54, 1.807) is 12.1 Å². The molecule has 1 aliphatic heterocycles. The fraction of sp³-hybridized carbons (Fsp3) is 0.217. The Morgan fingerprint density at radius 3 is 1.90 bits per heavy atom. The van der Waals surface area contributed by atoms with Crippen LogP contribution in [0.25, 0.3) is 0 Å². The van der Waals surface area contributed by atoms with Gasteiger partial charge in [0.25, 0.3) is 0 Å². The molecule has 146 valence electrons. The highest BCUT2D eigenvalue weighted by Gasteiger charge is 2.11. The van der Waals surface area contributed by atoms with Crippen molar-refractivity contribution in [3.8, 4) is 0 Å². The molecule has 0 unspecified atom stereocenters. The zero-order valence-corrected chi connectivity index (χ0v) is 16.3. The molecule has 1 saturated heterocycles. The van der Waals surface area contributed by atoms with E-state index in [9.17, 15) is 4.39 Å². The summed E-state index contributed by atoms with van der Waals surface area (Å²) in [5.74, 6) is -0.291. The lowest BCUT2D eigenvalue weighted by Gasteiger charge is -2.17. The van der Waals surface area contributed by atoms with Crippen LogP contribution in [0.1, 0.15) is 18.4 Å². The maximum Gasteiger partial charge on any atom is 0.123 e. The van der Waals surface area contributed by atoms with Gasteiger partial charge in [-0.05, 0) is 92.1 Å². The molecule has 3 aromatic rings. The van der Waals surface area contributed by atoms with Crippen LogP contribution < -0.4 is 4.90 Å². The average Bonchev–Trinajstić information content (AvgIpc) is 3.28. The van der Waals surface area contributed by atoms with E-state index in [0.29, 0.717) is 11.4 Å². The number of nitrogens with zero attached hydrogens (tertiary/aromatic N) is 5. The Kier molecular flexibility index (Phi) is 5.70. The SMILES string of the molecule is Cc1cc(N=Nc2ccc(F)cc2)ccc1N=Nc1ccc(N2CCCC2)cc1. The number of hydrogen-bond donors (Lipinski definition) is 0. The van der Waals surface area contributed by atoms with E-state index in [0.717, 1.165) is 30.0 Å². The van der Waals surface area contributed by atoms with E-state index in [-0.39, 0.29) is 5.82 Å². The Morgan fingerprint density at radius 1 is 0.690 bits per heavy atom. The number of aryl methyl sites for hydroxylation is 1. The van der Waals surface area contributed by atoms with Gasteiger partial charge in [-0.2, -0.15) is 20.5 Å². The highest BCUT2D eigenvalue weighted by molar-refractivity contribution is 5.55. The van der Waals surface area contributed by atoms with Crippen LogP contribution in [0, 0.1) is 12.7 Å². The summed E-state index contributed by atoms with van der Waals surface area (Å²) in [6.45, 7) is 4.22. The lowest BCUT2D eigenvalue weighted by molar-refractivity contribution is 0.628. The number of anilines is 1. The fourth-order valence-electron chi connectivity index (χ4n) is 3.25. The number of hydrogen-bond acceptors (Lipinski definition) is 5. The highest BCUT2D eigenvalue weighted by atomic mass is 19.1. The number of benzene rings is 3. The van der Waals surface area contributed by atoms with Crippen molar-refractivity contribution in [2.75, 3.05) is 18.0 Å². The van der Waals surface area contributed by atoms with Gasteiger partial charge < -0.3 is 4.90 Å². The van der Waals surface area contributed by atoms with Gasteiger partial charge in [0.15, 0.2) is 0 Å². The zero-order chi connectivity index (χ0) is 20.1. The minimum absolute atomic E-state index is 0.291. The fourth-order valence-corrected chi connectivity index (χ4v) is 3.25. The van der Waals surface area contributed by atoms with Crippen LogP contribution in [-0.2, 0) is 0 Å². The molecule has 0 radical (unpaired) electrons. The number of rotatable bonds is 5. The molecular formula is C23H22FN5. The second kappa shape index (κ2) is 8.73. The molecule has 3 aromatic carbocycles. The third-order valence-corrected chi connectivity index (χ3v) is 4.88. The third kappa shape index (κ3) is 4.90. The number of azo groups is 2. The minimum atomic E-state index is -0.291. The van der Waals surface area contributed by atoms with Gasteiger partial charge in [-0.1, -0.05) is 0 Å². The monoisotopic (exact) mass is 387 g/mol. The van der Waals surface area contributed by atoms with Crippen molar-refractivity contribution in [1.29, 1.82) is 0 Å². The highest BCUT2D eigenvalue weighted by Crippen LogP contribution is 2.28. The normalized spacial score (nSPS) is 14.3. The largest absolute Gasteiger partial charge is 0.372 e. The summed E-state index contributed by atoms with van der Waals surface area (Å²) in [7, 11) is 0. The van der Waals surface area contributed by atoms with E-state index in [4.69, 9.17) is 0 Å². The van der Waals surface area contributed by atoms with Crippen LogP contribution in [-0.4, -0.2) is 13.1 Å². The molecule has 5 nitrogen and oxygen atoms in total. The standard InChI is InChI=1S/C23H22FN5/c1-17-16-21(27-25-19-6-4-18(24)5-7-19)10-13-23(17)28-26-20-8-11-22(12-9-20)29-14-2-3-15-29/h4-13,16H,2-3,14-15H2,1H3. The summed E-state index contributed by atoms with van der Waals surface area (Å²) in [5.41, 5.74) is 5.12. The van der Waals surface area contributed by atoms with E-state index in [1.807, 2.05) is 37.3 Å². The summed E-state index contributed by atoms with van der Waals surface area (Å²) in [4.78, 5) is 2.39. The third-order valence-electron chi connectivity index (χ3n) is 4.88.